The molecule has 0 fully saturated rings. The van der Waals surface area contributed by atoms with Crippen LogP contribution < -0.4 is 0 Å². The third kappa shape index (κ3) is 3.05. The van der Waals surface area contributed by atoms with E-state index in [4.69, 9.17) is 9.63 Å². The Balaban J connectivity index is 2.13. The predicted octanol–water partition coefficient (Wildman–Crippen LogP) is 2.44. The van der Waals surface area contributed by atoms with Crippen LogP contribution in [0.15, 0.2) is 44.2 Å². The number of nitrogens with zero attached hydrogens (tertiary/aromatic N) is 1. The number of carboxylic acids is 1. The summed E-state index contributed by atoms with van der Waals surface area (Å²) >= 11 is 3.29. The van der Waals surface area contributed by atoms with Gasteiger partial charge in [0.25, 0.3) is 0 Å². The number of carboxylic acid groups (broad SMARTS) is 1. The largest absolute Gasteiger partial charge is 0.476 e. The molecule has 7 heteroatoms. The molecule has 1 unspecified atom stereocenters. The van der Waals surface area contributed by atoms with Gasteiger partial charge in [0.2, 0.25) is 0 Å². The molecular weight excluding hydrogens is 322 g/mol. The second-order valence-electron chi connectivity index (χ2n) is 3.43. The summed E-state index contributed by atoms with van der Waals surface area (Å²) in [5.41, 5.74) is -0.184. The van der Waals surface area contributed by atoms with E-state index in [1.54, 1.807) is 18.2 Å². The second kappa shape index (κ2) is 5.45. The van der Waals surface area contributed by atoms with Crippen molar-refractivity contribution < 1.29 is 18.6 Å². The van der Waals surface area contributed by atoms with Crippen molar-refractivity contribution in [1.29, 1.82) is 0 Å². The molecule has 0 aliphatic carbocycles. The molecule has 0 saturated carbocycles. The number of hydrogen-bond donors (Lipinski definition) is 1. The maximum absolute atomic E-state index is 12.0. The van der Waals surface area contributed by atoms with Gasteiger partial charge < -0.3 is 9.63 Å². The number of halogens is 1. The van der Waals surface area contributed by atoms with Crippen LogP contribution in [-0.4, -0.2) is 20.4 Å². The van der Waals surface area contributed by atoms with Crippen molar-refractivity contribution in [3.8, 4) is 0 Å². The minimum atomic E-state index is -1.30. The van der Waals surface area contributed by atoms with Crippen LogP contribution in [0.4, 0.5) is 0 Å². The molecule has 18 heavy (non-hydrogen) atoms. The van der Waals surface area contributed by atoms with E-state index in [0.29, 0.717) is 4.90 Å². The van der Waals surface area contributed by atoms with Crippen LogP contribution in [-0.2, 0) is 16.6 Å². The number of carbonyl (C=O) groups is 1. The van der Waals surface area contributed by atoms with Crippen LogP contribution in [0.25, 0.3) is 0 Å². The van der Waals surface area contributed by atoms with E-state index in [0.717, 1.165) is 4.47 Å². The quantitative estimate of drug-likeness (QED) is 0.931. The Bertz CT molecular complexity index is 611. The summed E-state index contributed by atoms with van der Waals surface area (Å²) in [7, 11) is -1.30. The molecule has 0 spiro atoms. The molecule has 0 bridgehead atoms. The van der Waals surface area contributed by atoms with Crippen molar-refractivity contribution in [3.05, 3.63) is 46.3 Å². The molecule has 1 atom stereocenters. The van der Waals surface area contributed by atoms with E-state index >= 15 is 0 Å². The van der Waals surface area contributed by atoms with Gasteiger partial charge in [-0.05, 0) is 18.2 Å². The SMILES string of the molecule is O=C(O)c1cc(CS(=O)c2cccc(Br)c2)on1. The molecule has 1 aromatic carbocycles. The molecule has 0 radical (unpaired) electrons. The molecule has 2 rings (SSSR count). The number of rotatable bonds is 4. The maximum Gasteiger partial charge on any atom is 0.358 e. The van der Waals surface area contributed by atoms with Crippen molar-refractivity contribution in [2.45, 2.75) is 10.6 Å². The van der Waals surface area contributed by atoms with Crippen LogP contribution in [0.2, 0.25) is 0 Å². The zero-order chi connectivity index (χ0) is 13.1. The molecule has 1 N–H and O–H groups in total. The first-order valence-corrected chi connectivity index (χ1v) is 7.00. The van der Waals surface area contributed by atoms with Crippen molar-refractivity contribution >= 4 is 32.7 Å². The molecule has 1 heterocycles. The number of aromatic nitrogens is 1. The van der Waals surface area contributed by atoms with Gasteiger partial charge in [-0.2, -0.15) is 0 Å². The van der Waals surface area contributed by atoms with Crippen molar-refractivity contribution in [3.63, 3.8) is 0 Å². The molecule has 5 nitrogen and oxygen atoms in total. The van der Waals surface area contributed by atoms with Crippen LogP contribution >= 0.6 is 15.9 Å². The molecule has 0 aliphatic heterocycles. The van der Waals surface area contributed by atoms with Crippen molar-refractivity contribution in [1.82, 2.24) is 5.16 Å². The number of benzene rings is 1. The molecule has 0 aliphatic rings. The highest BCUT2D eigenvalue weighted by molar-refractivity contribution is 9.10. The molecule has 0 amide bonds. The Hall–Kier alpha value is -1.47. The Kier molecular flexibility index (Phi) is 3.93. The first kappa shape index (κ1) is 13.0. The van der Waals surface area contributed by atoms with E-state index in [1.165, 1.54) is 6.07 Å². The summed E-state index contributed by atoms with van der Waals surface area (Å²) in [6, 6.07) is 8.36. The van der Waals surface area contributed by atoms with E-state index < -0.39 is 16.8 Å². The average molecular weight is 330 g/mol. The smallest absolute Gasteiger partial charge is 0.358 e. The molecule has 1 aromatic heterocycles. The third-order valence-electron chi connectivity index (χ3n) is 2.11. The van der Waals surface area contributed by atoms with Crippen LogP contribution in [0.5, 0.6) is 0 Å². The van der Waals surface area contributed by atoms with E-state index in [1.807, 2.05) is 6.07 Å². The van der Waals surface area contributed by atoms with Crippen molar-refractivity contribution in [2.75, 3.05) is 0 Å². The average Bonchev–Trinajstić information content (AvgIpc) is 2.77. The highest BCUT2D eigenvalue weighted by Crippen LogP contribution is 2.17. The highest BCUT2D eigenvalue weighted by atomic mass is 79.9. The minimum absolute atomic E-state index is 0.0940. The summed E-state index contributed by atoms with van der Waals surface area (Å²) in [6.45, 7) is 0. The molecule has 2 aromatic rings. The molecule has 94 valence electrons. The number of aromatic carboxylic acids is 1. The first-order valence-electron chi connectivity index (χ1n) is 4.89. The van der Waals surface area contributed by atoms with Crippen LogP contribution in [0.3, 0.4) is 0 Å². The van der Waals surface area contributed by atoms with E-state index in [2.05, 4.69) is 21.1 Å². The van der Waals surface area contributed by atoms with Crippen LogP contribution in [0.1, 0.15) is 16.2 Å². The second-order valence-corrected chi connectivity index (χ2v) is 5.80. The van der Waals surface area contributed by atoms with E-state index in [9.17, 15) is 9.00 Å². The Morgan fingerprint density at radius 3 is 2.83 bits per heavy atom. The number of hydrogen-bond acceptors (Lipinski definition) is 4. The molecule has 0 saturated heterocycles. The summed E-state index contributed by atoms with van der Waals surface area (Å²) in [4.78, 5) is 11.2. The summed E-state index contributed by atoms with van der Waals surface area (Å²) < 4.78 is 17.6. The van der Waals surface area contributed by atoms with Gasteiger partial charge in [-0.25, -0.2) is 4.79 Å². The first-order chi connectivity index (χ1) is 8.56. The lowest BCUT2D eigenvalue weighted by Gasteiger charge is -1.99. The zero-order valence-electron chi connectivity index (χ0n) is 9.00. The predicted molar refractivity (Wildman–Crippen MR) is 67.7 cm³/mol. The maximum atomic E-state index is 12.0. The Labute approximate surface area is 113 Å². The standard InChI is InChI=1S/C11H8BrNO4S/c12-7-2-1-3-9(4-7)18(16)6-8-5-10(11(14)15)13-17-8/h1-5H,6H2,(H,14,15). The summed E-state index contributed by atoms with van der Waals surface area (Å²) in [6.07, 6.45) is 0. The van der Waals surface area contributed by atoms with Gasteiger partial charge >= 0.3 is 5.97 Å². The summed E-state index contributed by atoms with van der Waals surface area (Å²) in [5.74, 6) is -0.791. The zero-order valence-corrected chi connectivity index (χ0v) is 11.4. The van der Waals surface area contributed by atoms with Gasteiger partial charge in [0.05, 0.1) is 16.6 Å². The lowest BCUT2D eigenvalue weighted by molar-refractivity contribution is 0.0685. The van der Waals surface area contributed by atoms with Crippen LogP contribution in [0, 0.1) is 0 Å². The minimum Gasteiger partial charge on any atom is -0.476 e. The fraction of sp³-hybridized carbons (Fsp3) is 0.0909. The van der Waals surface area contributed by atoms with Crippen molar-refractivity contribution in [2.24, 2.45) is 0 Å². The Morgan fingerprint density at radius 2 is 2.22 bits per heavy atom. The monoisotopic (exact) mass is 329 g/mol. The molecular formula is C11H8BrNO4S. The highest BCUT2D eigenvalue weighted by Gasteiger charge is 2.14. The Morgan fingerprint density at radius 1 is 1.44 bits per heavy atom. The van der Waals surface area contributed by atoms with Gasteiger partial charge in [-0.15, -0.1) is 0 Å². The van der Waals surface area contributed by atoms with E-state index in [-0.39, 0.29) is 17.2 Å². The fourth-order valence-corrected chi connectivity index (χ4v) is 2.90. The lowest BCUT2D eigenvalue weighted by atomic mass is 10.4. The van der Waals surface area contributed by atoms with Gasteiger partial charge in [-0.1, -0.05) is 27.2 Å². The topological polar surface area (TPSA) is 80.4 Å². The lowest BCUT2D eigenvalue weighted by Crippen LogP contribution is -1.96. The van der Waals surface area contributed by atoms with Gasteiger partial charge in [0.1, 0.15) is 5.76 Å². The normalized spacial score (nSPS) is 12.3. The third-order valence-corrected chi connectivity index (χ3v) is 3.93. The van der Waals surface area contributed by atoms with Gasteiger partial charge in [0.15, 0.2) is 5.69 Å². The fourth-order valence-electron chi connectivity index (χ4n) is 1.30. The van der Waals surface area contributed by atoms with Gasteiger partial charge in [-0.3, -0.25) is 4.21 Å². The summed E-state index contributed by atoms with van der Waals surface area (Å²) in [5, 5.41) is 12.0. The van der Waals surface area contributed by atoms with Gasteiger partial charge in [0, 0.05) is 15.4 Å².